The minimum Gasteiger partial charge on any atom is -0.314 e. The summed E-state index contributed by atoms with van der Waals surface area (Å²) in [5.74, 6) is 0. The molecular formula is C14H20ClF3N2S. The quantitative estimate of drug-likeness (QED) is 0.831. The van der Waals surface area contributed by atoms with Crippen molar-refractivity contribution < 1.29 is 13.2 Å². The molecule has 0 amide bonds. The smallest absolute Gasteiger partial charge is 0.314 e. The van der Waals surface area contributed by atoms with E-state index < -0.39 is 5.51 Å². The van der Waals surface area contributed by atoms with Gasteiger partial charge in [-0.3, -0.25) is 4.90 Å². The van der Waals surface area contributed by atoms with Crippen LogP contribution in [0, 0.1) is 0 Å². The Labute approximate surface area is 133 Å². The first-order valence-electron chi connectivity index (χ1n) is 6.80. The van der Waals surface area contributed by atoms with E-state index in [0.717, 1.165) is 38.2 Å². The number of nitrogens with zero attached hydrogens (tertiary/aromatic N) is 1. The number of hydrogen-bond acceptors (Lipinski definition) is 3. The minimum absolute atomic E-state index is 0. The van der Waals surface area contributed by atoms with Gasteiger partial charge in [0, 0.05) is 37.1 Å². The van der Waals surface area contributed by atoms with Crippen molar-refractivity contribution in [3.8, 4) is 0 Å². The Hall–Kier alpha value is -0.430. The Bertz CT molecular complexity index is 436. The number of hydrogen-bond donors (Lipinski definition) is 1. The summed E-state index contributed by atoms with van der Waals surface area (Å²) in [4.78, 5) is 2.59. The minimum atomic E-state index is -4.24. The summed E-state index contributed by atoms with van der Waals surface area (Å²) in [6.07, 6.45) is 0.815. The fraction of sp³-hybridized carbons (Fsp3) is 0.571. The summed E-state index contributed by atoms with van der Waals surface area (Å²) >= 11 is -0.00723. The van der Waals surface area contributed by atoms with Gasteiger partial charge in [0.05, 0.1) is 0 Å². The van der Waals surface area contributed by atoms with Crippen molar-refractivity contribution in [3.05, 3.63) is 29.8 Å². The van der Waals surface area contributed by atoms with Crippen molar-refractivity contribution in [2.45, 2.75) is 29.8 Å². The van der Waals surface area contributed by atoms with Crippen LogP contribution in [0.3, 0.4) is 0 Å². The number of rotatable bonds is 4. The average Bonchev–Trinajstić information content (AvgIpc) is 2.41. The zero-order valence-electron chi connectivity index (χ0n) is 11.8. The van der Waals surface area contributed by atoms with E-state index in [1.807, 2.05) is 19.1 Å². The van der Waals surface area contributed by atoms with E-state index in [2.05, 4.69) is 10.2 Å². The molecule has 1 atom stereocenters. The van der Waals surface area contributed by atoms with Crippen LogP contribution in [0.2, 0.25) is 0 Å². The number of thioether (sulfide) groups is 1. The highest BCUT2D eigenvalue weighted by Gasteiger charge is 2.32. The van der Waals surface area contributed by atoms with Crippen LogP contribution in [0.25, 0.3) is 0 Å². The van der Waals surface area contributed by atoms with E-state index in [1.54, 1.807) is 12.1 Å². The van der Waals surface area contributed by atoms with E-state index in [4.69, 9.17) is 0 Å². The van der Waals surface area contributed by atoms with E-state index in [-0.39, 0.29) is 30.2 Å². The molecule has 1 heterocycles. The number of alkyl halides is 3. The third-order valence-electron chi connectivity index (χ3n) is 3.48. The van der Waals surface area contributed by atoms with Crippen molar-refractivity contribution in [2.75, 3.05) is 26.2 Å². The van der Waals surface area contributed by atoms with E-state index in [1.165, 1.54) is 0 Å². The SMILES string of the molecule is CC[C@@H](c1ccccc1SC(F)(F)F)N1CCNCC1.Cl. The normalized spacial score (nSPS) is 18.1. The topological polar surface area (TPSA) is 15.3 Å². The maximum atomic E-state index is 12.7. The second-order valence-corrected chi connectivity index (χ2v) is 5.90. The Morgan fingerprint density at radius 2 is 1.86 bits per heavy atom. The molecule has 2 nitrogen and oxygen atoms in total. The lowest BCUT2D eigenvalue weighted by Crippen LogP contribution is -2.45. The van der Waals surface area contributed by atoms with Crippen LogP contribution in [-0.2, 0) is 0 Å². The van der Waals surface area contributed by atoms with Gasteiger partial charge in [-0.25, -0.2) is 0 Å². The molecule has 1 fully saturated rings. The van der Waals surface area contributed by atoms with Gasteiger partial charge in [-0.1, -0.05) is 25.1 Å². The molecule has 0 aromatic heterocycles. The Morgan fingerprint density at radius 1 is 1.24 bits per heavy atom. The van der Waals surface area contributed by atoms with Gasteiger partial charge in [0.15, 0.2) is 0 Å². The van der Waals surface area contributed by atoms with Gasteiger partial charge in [0.2, 0.25) is 0 Å². The van der Waals surface area contributed by atoms with Gasteiger partial charge in [0.1, 0.15) is 0 Å². The molecule has 0 spiro atoms. The van der Waals surface area contributed by atoms with E-state index in [0.29, 0.717) is 4.90 Å². The van der Waals surface area contributed by atoms with Crippen molar-refractivity contribution in [1.29, 1.82) is 0 Å². The Kier molecular flexibility index (Phi) is 7.33. The second-order valence-electron chi connectivity index (χ2n) is 4.80. The van der Waals surface area contributed by atoms with Gasteiger partial charge in [-0.15, -0.1) is 12.4 Å². The molecule has 0 saturated carbocycles. The van der Waals surface area contributed by atoms with E-state index in [9.17, 15) is 13.2 Å². The highest BCUT2D eigenvalue weighted by atomic mass is 35.5. The first-order valence-corrected chi connectivity index (χ1v) is 7.62. The first-order chi connectivity index (χ1) is 9.51. The molecule has 21 heavy (non-hydrogen) atoms. The number of piperazine rings is 1. The number of benzene rings is 1. The fourth-order valence-electron chi connectivity index (χ4n) is 2.64. The van der Waals surface area contributed by atoms with Gasteiger partial charge < -0.3 is 5.32 Å². The molecule has 1 aromatic carbocycles. The monoisotopic (exact) mass is 340 g/mol. The summed E-state index contributed by atoms with van der Waals surface area (Å²) in [5, 5.41) is 3.27. The summed E-state index contributed by atoms with van der Waals surface area (Å²) in [6, 6.07) is 6.94. The number of nitrogens with one attached hydrogen (secondary N) is 1. The highest BCUT2D eigenvalue weighted by molar-refractivity contribution is 8.00. The van der Waals surface area contributed by atoms with Crippen LogP contribution in [0.4, 0.5) is 13.2 Å². The summed E-state index contributed by atoms with van der Waals surface area (Å²) in [5.41, 5.74) is -3.45. The molecule has 7 heteroatoms. The Balaban J connectivity index is 0.00000220. The van der Waals surface area contributed by atoms with Gasteiger partial charge in [-0.05, 0) is 29.8 Å². The third-order valence-corrected chi connectivity index (χ3v) is 4.31. The summed E-state index contributed by atoms with van der Waals surface area (Å²) in [7, 11) is 0. The zero-order valence-corrected chi connectivity index (χ0v) is 13.5. The van der Waals surface area contributed by atoms with Crippen LogP contribution in [-0.4, -0.2) is 36.6 Å². The van der Waals surface area contributed by atoms with Crippen LogP contribution in [0.5, 0.6) is 0 Å². The predicted molar refractivity (Wildman–Crippen MR) is 83.1 cm³/mol. The van der Waals surface area contributed by atoms with Crippen molar-refractivity contribution >= 4 is 24.2 Å². The molecule has 0 bridgehead atoms. The van der Waals surface area contributed by atoms with Crippen molar-refractivity contribution in [3.63, 3.8) is 0 Å². The third kappa shape index (κ3) is 5.36. The summed E-state index contributed by atoms with van der Waals surface area (Å²) < 4.78 is 38.0. The molecule has 1 aliphatic heterocycles. The molecule has 0 aliphatic carbocycles. The molecule has 1 saturated heterocycles. The molecule has 2 rings (SSSR count). The zero-order chi connectivity index (χ0) is 14.6. The van der Waals surface area contributed by atoms with Gasteiger partial charge >= 0.3 is 5.51 Å². The van der Waals surface area contributed by atoms with Crippen LogP contribution in [0.1, 0.15) is 24.9 Å². The van der Waals surface area contributed by atoms with Crippen LogP contribution < -0.4 is 5.32 Å². The van der Waals surface area contributed by atoms with Crippen LogP contribution >= 0.6 is 24.2 Å². The second kappa shape index (κ2) is 8.27. The maximum absolute atomic E-state index is 12.7. The van der Waals surface area contributed by atoms with Crippen LogP contribution in [0.15, 0.2) is 29.2 Å². The molecule has 1 aromatic rings. The highest BCUT2D eigenvalue weighted by Crippen LogP contribution is 2.41. The molecule has 120 valence electrons. The lowest BCUT2D eigenvalue weighted by molar-refractivity contribution is -0.0328. The largest absolute Gasteiger partial charge is 0.446 e. The average molecular weight is 341 g/mol. The van der Waals surface area contributed by atoms with Gasteiger partial charge in [-0.2, -0.15) is 13.2 Å². The maximum Gasteiger partial charge on any atom is 0.446 e. The molecule has 0 unspecified atom stereocenters. The number of halogens is 4. The van der Waals surface area contributed by atoms with Crippen molar-refractivity contribution in [1.82, 2.24) is 10.2 Å². The van der Waals surface area contributed by atoms with Gasteiger partial charge in [0.25, 0.3) is 0 Å². The fourth-order valence-corrected chi connectivity index (χ4v) is 3.36. The standard InChI is InChI=1S/C14H19F3N2S.ClH/c1-2-12(19-9-7-18-8-10-19)11-5-3-4-6-13(11)20-14(15,16)17;/h3-6,12,18H,2,7-10H2,1H3;1H/t12-;/m0./s1. The predicted octanol–water partition coefficient (Wildman–Crippen LogP) is 4.08. The first kappa shape index (κ1) is 18.6. The lowest BCUT2D eigenvalue weighted by Gasteiger charge is -2.35. The molecular weight excluding hydrogens is 321 g/mol. The molecule has 1 N–H and O–H groups in total. The van der Waals surface area contributed by atoms with E-state index >= 15 is 0 Å². The molecule has 1 aliphatic rings. The molecule has 0 radical (unpaired) electrons. The lowest BCUT2D eigenvalue weighted by atomic mass is 10.0. The Morgan fingerprint density at radius 3 is 2.43 bits per heavy atom. The summed E-state index contributed by atoms with van der Waals surface area (Å²) in [6.45, 7) is 5.57. The van der Waals surface area contributed by atoms with Crippen molar-refractivity contribution in [2.24, 2.45) is 0 Å².